The van der Waals surface area contributed by atoms with Crippen LogP contribution in [-0.4, -0.2) is 12.6 Å². The van der Waals surface area contributed by atoms with Crippen LogP contribution < -0.4 is 10.6 Å². The molecule has 0 fully saturated rings. The molecule has 0 heterocycles. The van der Waals surface area contributed by atoms with E-state index in [0.717, 1.165) is 12.0 Å². The number of nitrogens with one attached hydrogen (secondary N) is 2. The first-order valence-electron chi connectivity index (χ1n) is 5.47. The minimum Gasteiger partial charge on any atom is -0.338 e. The summed E-state index contributed by atoms with van der Waals surface area (Å²) in [6, 6.07) is 7.43. The molecule has 2 amide bonds. The number of benzene rings is 1. The summed E-state index contributed by atoms with van der Waals surface area (Å²) in [6.07, 6.45) is 0.846. The fraction of sp³-hybridized carbons (Fsp3) is 0.417. The van der Waals surface area contributed by atoms with Crippen molar-refractivity contribution in [3.8, 4) is 0 Å². The third-order valence-corrected chi connectivity index (χ3v) is 2.58. The number of amides is 2. The average Bonchev–Trinajstić information content (AvgIpc) is 2.27. The molecule has 0 spiro atoms. The first kappa shape index (κ1) is 12.8. The predicted octanol–water partition coefficient (Wildman–Crippen LogP) is 3.11. The lowest BCUT2D eigenvalue weighted by Crippen LogP contribution is -2.37. The SMILES string of the molecule is CCNC(=O)NC(CC)c1ccc(Cl)cc1. The van der Waals surface area contributed by atoms with E-state index in [1.165, 1.54) is 0 Å². The lowest BCUT2D eigenvalue weighted by atomic mass is 10.1. The Hall–Kier alpha value is -1.22. The van der Waals surface area contributed by atoms with Crippen LogP contribution in [0.3, 0.4) is 0 Å². The minimum absolute atomic E-state index is 0.0313. The Morgan fingerprint density at radius 2 is 1.94 bits per heavy atom. The number of carbonyl (C=O) groups is 1. The van der Waals surface area contributed by atoms with Gasteiger partial charge in [-0.25, -0.2) is 4.79 Å². The smallest absolute Gasteiger partial charge is 0.315 e. The Kier molecular flexibility index (Phi) is 5.12. The molecular formula is C12H17ClN2O. The van der Waals surface area contributed by atoms with Crippen LogP contribution in [0.15, 0.2) is 24.3 Å². The number of halogens is 1. The van der Waals surface area contributed by atoms with Crippen molar-refractivity contribution in [3.63, 3.8) is 0 Å². The molecule has 0 bridgehead atoms. The van der Waals surface area contributed by atoms with Crippen LogP contribution in [0.4, 0.5) is 4.79 Å². The van der Waals surface area contributed by atoms with Crippen LogP contribution in [0.5, 0.6) is 0 Å². The molecule has 88 valence electrons. The highest BCUT2D eigenvalue weighted by molar-refractivity contribution is 6.30. The molecule has 1 unspecified atom stereocenters. The van der Waals surface area contributed by atoms with Crippen molar-refractivity contribution in [1.82, 2.24) is 10.6 Å². The molecule has 16 heavy (non-hydrogen) atoms. The molecule has 2 N–H and O–H groups in total. The Labute approximate surface area is 101 Å². The predicted molar refractivity (Wildman–Crippen MR) is 66.7 cm³/mol. The summed E-state index contributed by atoms with van der Waals surface area (Å²) in [5, 5.41) is 6.33. The Bertz CT molecular complexity index is 337. The Morgan fingerprint density at radius 3 is 2.44 bits per heavy atom. The molecule has 0 aliphatic rings. The maximum absolute atomic E-state index is 11.4. The second kappa shape index (κ2) is 6.38. The highest BCUT2D eigenvalue weighted by Crippen LogP contribution is 2.18. The lowest BCUT2D eigenvalue weighted by Gasteiger charge is -2.17. The molecule has 4 heteroatoms. The molecule has 0 saturated heterocycles. The van der Waals surface area contributed by atoms with Crippen molar-refractivity contribution >= 4 is 17.6 Å². The fourth-order valence-corrected chi connectivity index (χ4v) is 1.61. The number of carbonyl (C=O) groups excluding carboxylic acids is 1. The van der Waals surface area contributed by atoms with Gasteiger partial charge in [-0.3, -0.25) is 0 Å². The average molecular weight is 241 g/mol. The van der Waals surface area contributed by atoms with E-state index in [-0.39, 0.29) is 12.1 Å². The zero-order valence-corrected chi connectivity index (χ0v) is 10.3. The molecular weight excluding hydrogens is 224 g/mol. The maximum Gasteiger partial charge on any atom is 0.315 e. The van der Waals surface area contributed by atoms with Crippen molar-refractivity contribution in [1.29, 1.82) is 0 Å². The molecule has 3 nitrogen and oxygen atoms in total. The van der Waals surface area contributed by atoms with Gasteiger partial charge in [0.15, 0.2) is 0 Å². The summed E-state index contributed by atoms with van der Waals surface area (Å²) in [5.41, 5.74) is 1.07. The molecule has 0 saturated carbocycles. The normalized spacial score (nSPS) is 11.9. The van der Waals surface area contributed by atoms with Crippen molar-refractivity contribution in [3.05, 3.63) is 34.9 Å². The number of hydrogen-bond acceptors (Lipinski definition) is 1. The minimum atomic E-state index is -0.135. The summed E-state index contributed by atoms with van der Waals surface area (Å²) in [4.78, 5) is 11.4. The zero-order valence-electron chi connectivity index (χ0n) is 9.59. The largest absolute Gasteiger partial charge is 0.338 e. The van der Waals surface area contributed by atoms with Crippen molar-refractivity contribution in [2.75, 3.05) is 6.54 Å². The summed E-state index contributed by atoms with van der Waals surface area (Å²) in [7, 11) is 0. The van der Waals surface area contributed by atoms with Gasteiger partial charge in [-0.15, -0.1) is 0 Å². The topological polar surface area (TPSA) is 41.1 Å². The molecule has 0 radical (unpaired) electrons. The van der Waals surface area contributed by atoms with Gasteiger partial charge in [0.1, 0.15) is 0 Å². The molecule has 0 aliphatic heterocycles. The highest BCUT2D eigenvalue weighted by atomic mass is 35.5. The van der Waals surface area contributed by atoms with Crippen LogP contribution in [0.25, 0.3) is 0 Å². The van der Waals surface area contributed by atoms with Crippen LogP contribution >= 0.6 is 11.6 Å². The van der Waals surface area contributed by atoms with Crippen molar-refractivity contribution < 1.29 is 4.79 Å². The summed E-state index contributed by atoms with van der Waals surface area (Å²) in [6.45, 7) is 4.55. The summed E-state index contributed by atoms with van der Waals surface area (Å²) in [5.74, 6) is 0. The molecule has 0 aliphatic carbocycles. The van der Waals surface area contributed by atoms with E-state index in [0.29, 0.717) is 11.6 Å². The number of rotatable bonds is 4. The van der Waals surface area contributed by atoms with Crippen molar-refractivity contribution in [2.24, 2.45) is 0 Å². The van der Waals surface area contributed by atoms with Gasteiger partial charge in [-0.1, -0.05) is 30.7 Å². The van der Waals surface area contributed by atoms with Gasteiger partial charge >= 0.3 is 6.03 Å². The zero-order chi connectivity index (χ0) is 12.0. The van der Waals surface area contributed by atoms with Gasteiger partial charge in [-0.05, 0) is 31.0 Å². The molecule has 1 rings (SSSR count). The van der Waals surface area contributed by atoms with Gasteiger partial charge in [0, 0.05) is 11.6 Å². The van der Waals surface area contributed by atoms with Crippen molar-refractivity contribution in [2.45, 2.75) is 26.3 Å². The third kappa shape index (κ3) is 3.74. The fourth-order valence-electron chi connectivity index (χ4n) is 1.49. The summed E-state index contributed by atoms with van der Waals surface area (Å²) >= 11 is 5.82. The lowest BCUT2D eigenvalue weighted by molar-refractivity contribution is 0.237. The van der Waals surface area contributed by atoms with Crippen LogP contribution in [0.1, 0.15) is 31.9 Å². The van der Waals surface area contributed by atoms with E-state index in [1.807, 2.05) is 38.1 Å². The second-order valence-corrected chi connectivity index (χ2v) is 3.95. The summed E-state index contributed by atoms with van der Waals surface area (Å²) < 4.78 is 0. The van der Waals surface area contributed by atoms with Gasteiger partial charge < -0.3 is 10.6 Å². The van der Waals surface area contributed by atoms with E-state index in [2.05, 4.69) is 10.6 Å². The number of urea groups is 1. The standard InChI is InChI=1S/C12H17ClN2O/c1-3-11(15-12(16)14-4-2)9-5-7-10(13)8-6-9/h5-8,11H,3-4H2,1-2H3,(H2,14,15,16). The Balaban J connectivity index is 2.67. The molecule has 0 aromatic heterocycles. The third-order valence-electron chi connectivity index (χ3n) is 2.32. The van der Waals surface area contributed by atoms with Crippen LogP contribution in [0.2, 0.25) is 5.02 Å². The number of hydrogen-bond donors (Lipinski definition) is 2. The van der Waals surface area contributed by atoms with E-state index < -0.39 is 0 Å². The van der Waals surface area contributed by atoms with E-state index in [1.54, 1.807) is 0 Å². The monoisotopic (exact) mass is 240 g/mol. The van der Waals surface area contributed by atoms with Gasteiger partial charge in [0.2, 0.25) is 0 Å². The van der Waals surface area contributed by atoms with Gasteiger partial charge in [-0.2, -0.15) is 0 Å². The van der Waals surface area contributed by atoms with Gasteiger partial charge in [0.25, 0.3) is 0 Å². The Morgan fingerprint density at radius 1 is 1.31 bits per heavy atom. The quantitative estimate of drug-likeness (QED) is 0.834. The first-order chi connectivity index (χ1) is 7.67. The van der Waals surface area contributed by atoms with Crippen LogP contribution in [-0.2, 0) is 0 Å². The molecule has 1 aromatic rings. The van der Waals surface area contributed by atoms with E-state index >= 15 is 0 Å². The molecule has 1 aromatic carbocycles. The van der Waals surface area contributed by atoms with Gasteiger partial charge in [0.05, 0.1) is 6.04 Å². The maximum atomic E-state index is 11.4. The highest BCUT2D eigenvalue weighted by Gasteiger charge is 2.11. The second-order valence-electron chi connectivity index (χ2n) is 3.52. The van der Waals surface area contributed by atoms with Crippen LogP contribution in [0, 0.1) is 0 Å². The van der Waals surface area contributed by atoms with E-state index in [9.17, 15) is 4.79 Å². The van der Waals surface area contributed by atoms with E-state index in [4.69, 9.17) is 11.6 Å². The molecule has 1 atom stereocenters. The first-order valence-corrected chi connectivity index (χ1v) is 5.85.